The molecule has 0 spiro atoms. The monoisotopic (exact) mass is 542 g/mol. The lowest BCUT2D eigenvalue weighted by atomic mass is 10.2. The number of allylic oxidation sites excluding steroid dienone is 2. The van der Waals surface area contributed by atoms with Gasteiger partial charge in [0.25, 0.3) is 0 Å². The van der Waals surface area contributed by atoms with Gasteiger partial charge in [-0.1, -0.05) is 120 Å². The van der Waals surface area contributed by atoms with E-state index in [-0.39, 0.29) is 9.81 Å². The van der Waals surface area contributed by atoms with Crippen LogP contribution in [0.1, 0.15) is 22.3 Å². The Balaban J connectivity index is 1.84. The molecule has 0 aliphatic heterocycles. The van der Waals surface area contributed by atoms with Crippen LogP contribution in [0.4, 0.5) is 0 Å². The van der Waals surface area contributed by atoms with E-state index in [2.05, 4.69) is 0 Å². The quantitative estimate of drug-likeness (QED) is 0.208. The first-order valence-electron chi connectivity index (χ1n) is 11.6. The van der Waals surface area contributed by atoms with Crippen molar-refractivity contribution >= 4 is 57.3 Å². The predicted molar refractivity (Wildman–Crippen MR) is 159 cm³/mol. The van der Waals surface area contributed by atoms with Crippen LogP contribution in [0.25, 0.3) is 24.3 Å². The summed E-state index contributed by atoms with van der Waals surface area (Å²) in [5, 5.41) is 1.16. The molecule has 0 radical (unpaired) electrons. The summed E-state index contributed by atoms with van der Waals surface area (Å²) in [5.74, 6) is 0. The average Bonchev–Trinajstić information content (AvgIpc) is 2.92. The minimum Gasteiger partial charge on any atom is -0.219 e. The Morgan fingerprint density at radius 3 is 1.19 bits per heavy atom. The van der Waals surface area contributed by atoms with Crippen molar-refractivity contribution in [3.8, 4) is 0 Å². The summed E-state index contributed by atoms with van der Waals surface area (Å²) in [6.45, 7) is 0. The van der Waals surface area contributed by atoms with Crippen LogP contribution in [-0.4, -0.2) is 8.42 Å². The van der Waals surface area contributed by atoms with Crippen LogP contribution in [0.15, 0.2) is 131 Å². The molecule has 0 saturated carbocycles. The largest absolute Gasteiger partial charge is 0.219 e. The van der Waals surface area contributed by atoms with E-state index in [1.54, 1.807) is 85.0 Å². The van der Waals surface area contributed by atoms with E-state index in [9.17, 15) is 8.42 Å². The van der Waals surface area contributed by atoms with Crippen molar-refractivity contribution in [3.05, 3.63) is 163 Å². The molecular weight excluding hydrogens is 519 g/mol. The first-order chi connectivity index (χ1) is 17.9. The first kappa shape index (κ1) is 26.4. The zero-order valence-electron chi connectivity index (χ0n) is 19.8. The summed E-state index contributed by atoms with van der Waals surface area (Å²) < 4.78 is 28.2. The molecule has 4 rings (SSSR count). The van der Waals surface area contributed by atoms with Crippen LogP contribution < -0.4 is 0 Å². The van der Waals surface area contributed by atoms with Crippen LogP contribution in [0, 0.1) is 0 Å². The van der Waals surface area contributed by atoms with Crippen LogP contribution in [0.2, 0.25) is 10.0 Å². The summed E-state index contributed by atoms with van der Waals surface area (Å²) in [4.78, 5) is 0.299. The molecule has 37 heavy (non-hydrogen) atoms. The minimum absolute atomic E-state index is 0.150. The van der Waals surface area contributed by atoms with Crippen molar-refractivity contribution in [1.29, 1.82) is 0 Å². The molecule has 4 aromatic carbocycles. The topological polar surface area (TPSA) is 34.1 Å². The Kier molecular flexibility index (Phi) is 8.97. The van der Waals surface area contributed by atoms with Crippen LogP contribution in [-0.2, 0) is 9.84 Å². The molecule has 0 aliphatic carbocycles. The van der Waals surface area contributed by atoms with Gasteiger partial charge in [0.1, 0.15) is 0 Å². The Labute approximate surface area is 228 Å². The van der Waals surface area contributed by atoms with Crippen molar-refractivity contribution in [2.45, 2.75) is 0 Å². The van der Waals surface area contributed by atoms with Gasteiger partial charge in [-0.05, 0) is 70.8 Å². The van der Waals surface area contributed by atoms with Gasteiger partial charge in [-0.3, -0.25) is 0 Å². The normalized spacial score (nSPS) is 12.9. The molecule has 184 valence electrons. The zero-order valence-corrected chi connectivity index (χ0v) is 22.2. The first-order valence-corrected chi connectivity index (χ1v) is 13.8. The maximum Gasteiger partial charge on any atom is 0.206 e. The molecule has 0 N–H and O–H groups in total. The number of hydrogen-bond acceptors (Lipinski definition) is 2. The zero-order chi connectivity index (χ0) is 26.1. The lowest BCUT2D eigenvalue weighted by molar-refractivity contribution is 0.610. The highest BCUT2D eigenvalue weighted by molar-refractivity contribution is 7.99. The maximum atomic E-state index is 14.1. The van der Waals surface area contributed by atoms with Crippen molar-refractivity contribution < 1.29 is 8.42 Å². The van der Waals surface area contributed by atoms with Crippen molar-refractivity contribution in [1.82, 2.24) is 0 Å². The number of hydrogen-bond donors (Lipinski definition) is 0. The van der Waals surface area contributed by atoms with Gasteiger partial charge in [0.05, 0.1) is 9.81 Å². The highest BCUT2D eigenvalue weighted by Crippen LogP contribution is 2.27. The van der Waals surface area contributed by atoms with Crippen molar-refractivity contribution in [2.24, 2.45) is 0 Å². The Morgan fingerprint density at radius 2 is 0.838 bits per heavy atom. The molecule has 0 bridgehead atoms. The van der Waals surface area contributed by atoms with Gasteiger partial charge >= 0.3 is 0 Å². The third kappa shape index (κ3) is 7.68. The van der Waals surface area contributed by atoms with Gasteiger partial charge in [-0.25, -0.2) is 8.42 Å². The summed E-state index contributed by atoms with van der Waals surface area (Å²) in [6.07, 6.45) is 10.1. The third-order valence-corrected chi connectivity index (χ3v) is 7.71. The van der Waals surface area contributed by atoms with E-state index in [1.165, 1.54) is 0 Å². The highest BCUT2D eigenvalue weighted by atomic mass is 35.5. The van der Waals surface area contributed by atoms with E-state index >= 15 is 0 Å². The molecule has 0 heterocycles. The predicted octanol–water partition coefficient (Wildman–Crippen LogP) is 9.22. The second kappa shape index (κ2) is 12.6. The summed E-state index contributed by atoms with van der Waals surface area (Å²) in [5.41, 5.74) is 3.22. The van der Waals surface area contributed by atoms with Gasteiger partial charge in [0, 0.05) is 10.0 Å². The van der Waals surface area contributed by atoms with E-state index in [0.717, 1.165) is 22.3 Å². The Morgan fingerprint density at radius 1 is 0.486 bits per heavy atom. The molecule has 0 aliphatic rings. The Bertz CT molecular complexity index is 1430. The third-order valence-electron chi connectivity index (χ3n) is 5.46. The molecule has 5 heteroatoms. The van der Waals surface area contributed by atoms with Gasteiger partial charge in [-0.2, -0.15) is 0 Å². The number of benzene rings is 4. The molecule has 0 fully saturated rings. The second-order valence-corrected chi connectivity index (χ2v) is 11.0. The number of sulfone groups is 1. The van der Waals surface area contributed by atoms with Crippen LogP contribution in [0.5, 0.6) is 0 Å². The standard InChI is InChI=1S/C32H24Cl2O2S/c33-29-17-11-27(12-18-29)23-31(21-15-25-7-3-1-4-8-25)37(35,36)32(22-16-26-9-5-2-6-10-26)24-28-13-19-30(34)20-14-28/h1-24H. The molecular formula is C32H24Cl2O2S. The molecule has 2 nitrogen and oxygen atoms in total. The highest BCUT2D eigenvalue weighted by Gasteiger charge is 2.20. The minimum atomic E-state index is -3.94. The molecule has 4 aromatic rings. The lowest BCUT2D eigenvalue weighted by Crippen LogP contribution is -2.05. The molecule has 0 amide bonds. The van der Waals surface area contributed by atoms with E-state index in [0.29, 0.717) is 10.0 Å². The fraction of sp³-hybridized carbons (Fsp3) is 0. The van der Waals surface area contributed by atoms with E-state index in [1.807, 2.05) is 60.7 Å². The van der Waals surface area contributed by atoms with Crippen LogP contribution in [0.3, 0.4) is 0 Å². The Hall–Kier alpha value is -3.63. The number of rotatable bonds is 8. The molecule has 0 atom stereocenters. The summed E-state index contributed by atoms with van der Waals surface area (Å²) >= 11 is 12.1. The van der Waals surface area contributed by atoms with Gasteiger partial charge in [0.2, 0.25) is 9.84 Å². The fourth-order valence-electron chi connectivity index (χ4n) is 3.50. The fourth-order valence-corrected chi connectivity index (χ4v) is 5.10. The average molecular weight is 544 g/mol. The second-order valence-electron chi connectivity index (χ2n) is 8.19. The molecule has 0 saturated heterocycles. The number of halogens is 2. The van der Waals surface area contributed by atoms with Gasteiger partial charge in [0.15, 0.2) is 0 Å². The maximum absolute atomic E-state index is 14.1. The van der Waals surface area contributed by atoms with Crippen LogP contribution >= 0.6 is 23.2 Å². The molecule has 0 aromatic heterocycles. The van der Waals surface area contributed by atoms with Gasteiger partial charge < -0.3 is 0 Å². The molecule has 0 unspecified atom stereocenters. The SMILES string of the molecule is O=S(=O)(C(C=Cc1ccccc1)=Cc1ccc(Cl)cc1)C(C=Cc1ccccc1)=Cc1ccc(Cl)cc1. The smallest absolute Gasteiger partial charge is 0.206 e. The van der Waals surface area contributed by atoms with Gasteiger partial charge in [-0.15, -0.1) is 0 Å². The summed E-state index contributed by atoms with van der Waals surface area (Å²) in [7, 11) is -3.94. The lowest BCUT2D eigenvalue weighted by Gasteiger charge is -2.09. The van der Waals surface area contributed by atoms with E-state index < -0.39 is 9.84 Å². The van der Waals surface area contributed by atoms with E-state index in [4.69, 9.17) is 23.2 Å². The van der Waals surface area contributed by atoms with Crippen molar-refractivity contribution in [3.63, 3.8) is 0 Å². The summed E-state index contributed by atoms with van der Waals surface area (Å²) in [6, 6.07) is 33.2. The van der Waals surface area contributed by atoms with Crippen molar-refractivity contribution in [2.75, 3.05) is 0 Å².